The van der Waals surface area contributed by atoms with Gasteiger partial charge in [-0.3, -0.25) is 0 Å². The van der Waals surface area contributed by atoms with E-state index in [0.29, 0.717) is 11.8 Å². The summed E-state index contributed by atoms with van der Waals surface area (Å²) < 4.78 is 7.77. The molecule has 2 heterocycles. The molecule has 0 bridgehead atoms. The fourth-order valence-corrected chi connectivity index (χ4v) is 3.17. The van der Waals surface area contributed by atoms with Crippen LogP contribution in [0.5, 0.6) is 5.88 Å². The zero-order valence-electron chi connectivity index (χ0n) is 12.0. The molecule has 0 saturated heterocycles. The first-order chi connectivity index (χ1) is 10.4. The molecule has 3 aromatic rings. The predicted octanol–water partition coefficient (Wildman–Crippen LogP) is 3.84. The van der Waals surface area contributed by atoms with E-state index in [1.165, 1.54) is 32.1 Å². The van der Waals surface area contributed by atoms with Gasteiger partial charge in [0, 0.05) is 17.6 Å². The minimum atomic E-state index is 0.685. The van der Waals surface area contributed by atoms with E-state index in [1.54, 1.807) is 0 Å². The molecule has 1 aliphatic rings. The summed E-state index contributed by atoms with van der Waals surface area (Å²) in [6.07, 6.45) is 8.51. The molecule has 0 spiro atoms. The number of fused-ring (bicyclic) bond motifs is 3. The topological polar surface area (TPSA) is 39.4 Å². The number of para-hydroxylation sites is 1. The Morgan fingerprint density at radius 1 is 1.14 bits per heavy atom. The van der Waals surface area contributed by atoms with Gasteiger partial charge in [0.2, 0.25) is 5.88 Å². The molecule has 0 unspecified atom stereocenters. The van der Waals surface area contributed by atoms with Crippen LogP contribution in [0.4, 0.5) is 0 Å². The number of hydrogen-bond donors (Lipinski definition) is 0. The molecule has 0 aliphatic heterocycles. The Kier molecular flexibility index (Phi) is 3.22. The highest BCUT2D eigenvalue weighted by molar-refractivity contribution is 5.80. The Labute approximate surface area is 123 Å². The van der Waals surface area contributed by atoms with E-state index in [4.69, 9.17) is 4.74 Å². The van der Waals surface area contributed by atoms with Crippen molar-refractivity contribution in [2.45, 2.75) is 32.1 Å². The van der Waals surface area contributed by atoms with Crippen LogP contribution in [0.25, 0.3) is 16.6 Å². The summed E-state index contributed by atoms with van der Waals surface area (Å²) in [6.45, 7) is 0.780. The van der Waals surface area contributed by atoms with Crippen LogP contribution in [-0.4, -0.2) is 21.2 Å². The Bertz CT molecular complexity index is 759. The number of ether oxygens (including phenoxy) is 1. The zero-order valence-corrected chi connectivity index (χ0v) is 12.0. The smallest absolute Gasteiger partial charge is 0.235 e. The van der Waals surface area contributed by atoms with Gasteiger partial charge in [0.05, 0.1) is 12.1 Å². The first-order valence-electron chi connectivity index (χ1n) is 7.76. The number of benzene rings is 1. The van der Waals surface area contributed by atoms with Crippen LogP contribution >= 0.6 is 0 Å². The monoisotopic (exact) mass is 281 g/mol. The lowest BCUT2D eigenvalue weighted by Crippen LogP contribution is -2.15. The second-order valence-corrected chi connectivity index (χ2v) is 5.88. The van der Waals surface area contributed by atoms with Crippen LogP contribution in [0.15, 0.2) is 36.5 Å². The summed E-state index contributed by atoms with van der Waals surface area (Å²) in [5.41, 5.74) is 1.90. The average molecular weight is 281 g/mol. The molecule has 4 nitrogen and oxygen atoms in total. The van der Waals surface area contributed by atoms with Gasteiger partial charge in [-0.15, -0.1) is 5.10 Å². The summed E-state index contributed by atoms with van der Waals surface area (Å²) >= 11 is 0. The molecule has 2 aromatic heterocycles. The van der Waals surface area contributed by atoms with E-state index in [9.17, 15) is 0 Å². The summed E-state index contributed by atoms with van der Waals surface area (Å²) in [6, 6.07) is 10.1. The molecule has 1 aliphatic carbocycles. The van der Waals surface area contributed by atoms with E-state index in [-0.39, 0.29) is 0 Å². The van der Waals surface area contributed by atoms with Crippen LogP contribution < -0.4 is 4.74 Å². The fourth-order valence-electron chi connectivity index (χ4n) is 3.17. The highest BCUT2D eigenvalue weighted by Crippen LogP contribution is 2.25. The van der Waals surface area contributed by atoms with Gasteiger partial charge in [-0.1, -0.05) is 37.5 Å². The van der Waals surface area contributed by atoms with E-state index < -0.39 is 0 Å². The van der Waals surface area contributed by atoms with Gasteiger partial charge in [-0.25, -0.2) is 9.50 Å². The zero-order chi connectivity index (χ0) is 14.1. The fraction of sp³-hybridized carbons (Fsp3) is 0.412. The molecular weight excluding hydrogens is 262 g/mol. The van der Waals surface area contributed by atoms with Crippen molar-refractivity contribution in [3.8, 4) is 5.88 Å². The van der Waals surface area contributed by atoms with Gasteiger partial charge >= 0.3 is 0 Å². The van der Waals surface area contributed by atoms with Crippen molar-refractivity contribution < 1.29 is 4.74 Å². The SMILES string of the molecule is c1ccc2c(c1)cnc1cc(OCC3CCCCC3)nn12. The normalized spacial score (nSPS) is 16.6. The molecule has 4 rings (SSSR count). The lowest BCUT2D eigenvalue weighted by Gasteiger charge is -2.20. The Balaban J connectivity index is 1.59. The molecule has 1 aromatic carbocycles. The Morgan fingerprint density at radius 3 is 2.90 bits per heavy atom. The van der Waals surface area contributed by atoms with Gasteiger partial charge in [-0.05, 0) is 24.8 Å². The van der Waals surface area contributed by atoms with E-state index >= 15 is 0 Å². The minimum Gasteiger partial charge on any atom is -0.476 e. The van der Waals surface area contributed by atoms with Crippen molar-refractivity contribution in [2.75, 3.05) is 6.61 Å². The maximum atomic E-state index is 5.91. The number of hydrogen-bond acceptors (Lipinski definition) is 3. The minimum absolute atomic E-state index is 0.685. The number of nitrogens with zero attached hydrogens (tertiary/aromatic N) is 3. The number of rotatable bonds is 3. The van der Waals surface area contributed by atoms with Crippen molar-refractivity contribution in [1.29, 1.82) is 0 Å². The van der Waals surface area contributed by atoms with Crippen LogP contribution in [0, 0.1) is 5.92 Å². The molecular formula is C17H19N3O. The lowest BCUT2D eigenvalue weighted by atomic mass is 9.90. The summed E-state index contributed by atoms with van der Waals surface area (Å²) in [7, 11) is 0. The van der Waals surface area contributed by atoms with Crippen LogP contribution in [0.3, 0.4) is 0 Å². The summed E-state index contributed by atoms with van der Waals surface area (Å²) in [5.74, 6) is 1.37. The molecule has 1 saturated carbocycles. The largest absolute Gasteiger partial charge is 0.476 e. The Morgan fingerprint density at radius 2 is 2.00 bits per heavy atom. The first kappa shape index (κ1) is 12.6. The summed E-state index contributed by atoms with van der Waals surface area (Å²) in [4.78, 5) is 4.45. The van der Waals surface area contributed by atoms with Gasteiger partial charge in [0.15, 0.2) is 5.65 Å². The predicted molar refractivity (Wildman–Crippen MR) is 82.6 cm³/mol. The Hall–Kier alpha value is -2.10. The molecule has 0 radical (unpaired) electrons. The third-order valence-electron chi connectivity index (χ3n) is 4.36. The molecule has 0 amide bonds. The summed E-state index contributed by atoms with van der Waals surface area (Å²) in [5, 5.41) is 5.65. The highest BCUT2D eigenvalue weighted by Gasteiger charge is 2.15. The van der Waals surface area contributed by atoms with Crippen LogP contribution in [-0.2, 0) is 0 Å². The second-order valence-electron chi connectivity index (χ2n) is 5.88. The van der Waals surface area contributed by atoms with Crippen molar-refractivity contribution in [1.82, 2.24) is 14.6 Å². The van der Waals surface area contributed by atoms with Gasteiger partial charge in [0.25, 0.3) is 0 Å². The van der Waals surface area contributed by atoms with Crippen LogP contribution in [0.2, 0.25) is 0 Å². The standard InChI is InChI=1S/C17H19N3O/c1-2-6-13(7-3-1)12-21-17-10-16-18-11-14-8-4-5-9-15(14)20(16)19-17/h4-5,8-11,13H,1-3,6-7,12H2. The maximum absolute atomic E-state index is 5.91. The average Bonchev–Trinajstić information content (AvgIpc) is 2.97. The van der Waals surface area contributed by atoms with Gasteiger partial charge in [0.1, 0.15) is 0 Å². The van der Waals surface area contributed by atoms with E-state index in [2.05, 4.69) is 16.1 Å². The molecule has 0 atom stereocenters. The van der Waals surface area contributed by atoms with Crippen molar-refractivity contribution in [3.05, 3.63) is 36.5 Å². The van der Waals surface area contributed by atoms with Crippen molar-refractivity contribution in [2.24, 2.45) is 5.92 Å². The van der Waals surface area contributed by atoms with Crippen LogP contribution in [0.1, 0.15) is 32.1 Å². The number of aromatic nitrogens is 3. The first-order valence-corrected chi connectivity index (χ1v) is 7.76. The third-order valence-corrected chi connectivity index (χ3v) is 4.36. The van der Waals surface area contributed by atoms with E-state index in [0.717, 1.165) is 23.2 Å². The molecule has 1 fully saturated rings. The molecule has 0 N–H and O–H groups in total. The van der Waals surface area contributed by atoms with E-state index in [1.807, 2.05) is 35.0 Å². The molecule has 21 heavy (non-hydrogen) atoms. The van der Waals surface area contributed by atoms with Crippen molar-refractivity contribution >= 4 is 16.6 Å². The van der Waals surface area contributed by atoms with Crippen molar-refractivity contribution in [3.63, 3.8) is 0 Å². The third kappa shape index (κ3) is 2.46. The van der Waals surface area contributed by atoms with Gasteiger partial charge < -0.3 is 4.74 Å². The molecule has 108 valence electrons. The second kappa shape index (κ2) is 5.35. The highest BCUT2D eigenvalue weighted by atomic mass is 16.5. The quantitative estimate of drug-likeness (QED) is 0.732. The maximum Gasteiger partial charge on any atom is 0.235 e. The molecule has 4 heteroatoms. The van der Waals surface area contributed by atoms with Gasteiger partial charge in [-0.2, -0.15) is 0 Å². The lowest BCUT2D eigenvalue weighted by molar-refractivity contribution is 0.202.